The number of anilines is 1. The van der Waals surface area contributed by atoms with Crippen molar-refractivity contribution in [1.29, 1.82) is 0 Å². The SMILES string of the molecule is O=C(CCc1ccccc1O)Nc1cccc(-n2cnnc2)c1. The monoisotopic (exact) mass is 308 g/mol. The van der Waals surface area contributed by atoms with E-state index in [2.05, 4.69) is 15.5 Å². The number of aryl methyl sites for hydroxylation is 1. The van der Waals surface area contributed by atoms with Crippen molar-refractivity contribution in [3.05, 3.63) is 66.7 Å². The van der Waals surface area contributed by atoms with Gasteiger partial charge in [0.15, 0.2) is 0 Å². The normalized spacial score (nSPS) is 10.4. The second-order valence-corrected chi connectivity index (χ2v) is 5.10. The molecule has 1 heterocycles. The summed E-state index contributed by atoms with van der Waals surface area (Å²) in [6.45, 7) is 0. The van der Waals surface area contributed by atoms with Crippen LogP contribution in [0, 0.1) is 0 Å². The van der Waals surface area contributed by atoms with Crippen LogP contribution in [0.5, 0.6) is 5.75 Å². The summed E-state index contributed by atoms with van der Waals surface area (Å²) in [5.74, 6) is 0.115. The lowest BCUT2D eigenvalue weighted by atomic mass is 10.1. The molecule has 0 bridgehead atoms. The van der Waals surface area contributed by atoms with Crippen molar-refractivity contribution in [2.75, 3.05) is 5.32 Å². The van der Waals surface area contributed by atoms with Gasteiger partial charge in [-0.3, -0.25) is 9.36 Å². The first kappa shape index (κ1) is 14.8. The molecule has 116 valence electrons. The Morgan fingerprint density at radius 3 is 2.65 bits per heavy atom. The number of aromatic hydroxyl groups is 1. The first-order chi connectivity index (χ1) is 11.2. The molecule has 6 heteroatoms. The molecule has 2 N–H and O–H groups in total. The van der Waals surface area contributed by atoms with Crippen molar-refractivity contribution in [3.63, 3.8) is 0 Å². The average Bonchev–Trinajstić information content (AvgIpc) is 3.09. The van der Waals surface area contributed by atoms with Crippen molar-refractivity contribution in [2.45, 2.75) is 12.8 Å². The molecule has 6 nitrogen and oxygen atoms in total. The van der Waals surface area contributed by atoms with Gasteiger partial charge in [0, 0.05) is 12.1 Å². The number of phenols is 1. The third-order valence-corrected chi connectivity index (χ3v) is 3.46. The number of amides is 1. The van der Waals surface area contributed by atoms with Crippen molar-refractivity contribution >= 4 is 11.6 Å². The van der Waals surface area contributed by atoms with Crippen LogP contribution in [0.2, 0.25) is 0 Å². The summed E-state index contributed by atoms with van der Waals surface area (Å²) in [7, 11) is 0. The highest BCUT2D eigenvalue weighted by Crippen LogP contribution is 2.18. The first-order valence-corrected chi connectivity index (χ1v) is 7.24. The number of phenolic OH excluding ortho intramolecular Hbond substituents is 1. The van der Waals surface area contributed by atoms with Crippen molar-refractivity contribution < 1.29 is 9.90 Å². The minimum atomic E-state index is -0.103. The summed E-state index contributed by atoms with van der Waals surface area (Å²) in [5, 5.41) is 20.1. The molecule has 0 aliphatic heterocycles. The number of benzene rings is 2. The Balaban J connectivity index is 1.62. The molecule has 0 spiro atoms. The molecular formula is C17H16N4O2. The molecule has 0 saturated heterocycles. The zero-order chi connectivity index (χ0) is 16.1. The number of rotatable bonds is 5. The predicted molar refractivity (Wildman–Crippen MR) is 86.4 cm³/mol. The van der Waals surface area contributed by atoms with Gasteiger partial charge in [0.05, 0.1) is 5.69 Å². The van der Waals surface area contributed by atoms with E-state index in [1.165, 1.54) is 0 Å². The Hall–Kier alpha value is -3.15. The van der Waals surface area contributed by atoms with Crippen molar-refractivity contribution in [1.82, 2.24) is 14.8 Å². The Labute approximate surface area is 133 Å². The second-order valence-electron chi connectivity index (χ2n) is 5.10. The van der Waals surface area contributed by atoms with Gasteiger partial charge >= 0.3 is 0 Å². The summed E-state index contributed by atoms with van der Waals surface area (Å²) < 4.78 is 1.76. The molecule has 2 aromatic carbocycles. The van der Waals surface area contributed by atoms with E-state index in [4.69, 9.17) is 0 Å². The van der Waals surface area contributed by atoms with Crippen LogP contribution in [0.15, 0.2) is 61.2 Å². The van der Waals surface area contributed by atoms with Gasteiger partial charge in [-0.1, -0.05) is 24.3 Å². The topological polar surface area (TPSA) is 80.0 Å². The van der Waals surface area contributed by atoms with Crippen LogP contribution in [-0.4, -0.2) is 25.8 Å². The van der Waals surface area contributed by atoms with E-state index < -0.39 is 0 Å². The first-order valence-electron chi connectivity index (χ1n) is 7.24. The van der Waals surface area contributed by atoms with Gasteiger partial charge in [-0.25, -0.2) is 0 Å². The Morgan fingerprint density at radius 2 is 1.87 bits per heavy atom. The number of aromatic nitrogens is 3. The van der Waals surface area contributed by atoms with Crippen LogP contribution in [0.4, 0.5) is 5.69 Å². The summed E-state index contributed by atoms with van der Waals surface area (Å²) >= 11 is 0. The fourth-order valence-electron chi connectivity index (χ4n) is 2.27. The number of carbonyl (C=O) groups excluding carboxylic acids is 1. The van der Waals surface area contributed by atoms with Crippen molar-refractivity contribution in [2.24, 2.45) is 0 Å². The van der Waals surface area contributed by atoms with Gasteiger partial charge in [0.1, 0.15) is 18.4 Å². The van der Waals surface area contributed by atoms with E-state index in [0.29, 0.717) is 18.5 Å². The second kappa shape index (κ2) is 6.74. The number of para-hydroxylation sites is 1. The van der Waals surface area contributed by atoms with Gasteiger partial charge in [-0.15, -0.1) is 10.2 Å². The lowest BCUT2D eigenvalue weighted by Gasteiger charge is -2.08. The highest BCUT2D eigenvalue weighted by molar-refractivity contribution is 5.91. The maximum atomic E-state index is 12.1. The molecule has 23 heavy (non-hydrogen) atoms. The number of nitrogens with one attached hydrogen (secondary N) is 1. The quantitative estimate of drug-likeness (QED) is 0.759. The molecule has 0 saturated carbocycles. The van der Waals surface area contributed by atoms with Crippen LogP contribution < -0.4 is 5.32 Å². The van der Waals surface area contributed by atoms with Gasteiger partial charge in [-0.2, -0.15) is 0 Å². The lowest BCUT2D eigenvalue weighted by Crippen LogP contribution is -2.12. The minimum absolute atomic E-state index is 0.103. The molecule has 0 radical (unpaired) electrons. The van der Waals surface area contributed by atoms with Gasteiger partial charge in [0.25, 0.3) is 0 Å². The molecular weight excluding hydrogens is 292 g/mol. The number of carbonyl (C=O) groups is 1. The third kappa shape index (κ3) is 3.74. The van der Waals surface area contributed by atoms with E-state index in [9.17, 15) is 9.90 Å². The molecule has 3 aromatic rings. The van der Waals surface area contributed by atoms with Gasteiger partial charge in [0.2, 0.25) is 5.91 Å². The minimum Gasteiger partial charge on any atom is -0.508 e. The standard InChI is InChI=1S/C17H16N4O2/c22-16-7-2-1-4-13(16)8-9-17(23)20-14-5-3-6-15(10-14)21-11-18-19-12-21/h1-7,10-12,22H,8-9H2,(H,20,23). The number of hydrogen-bond donors (Lipinski definition) is 2. The van der Waals surface area contributed by atoms with Crippen LogP contribution >= 0.6 is 0 Å². The highest BCUT2D eigenvalue weighted by Gasteiger charge is 2.06. The maximum Gasteiger partial charge on any atom is 0.224 e. The van der Waals surface area contributed by atoms with E-state index in [1.54, 1.807) is 29.4 Å². The van der Waals surface area contributed by atoms with E-state index in [0.717, 1.165) is 11.3 Å². The molecule has 0 atom stereocenters. The third-order valence-electron chi connectivity index (χ3n) is 3.46. The number of hydrogen-bond acceptors (Lipinski definition) is 4. The smallest absolute Gasteiger partial charge is 0.224 e. The van der Waals surface area contributed by atoms with E-state index in [-0.39, 0.29) is 11.7 Å². The maximum absolute atomic E-state index is 12.1. The van der Waals surface area contributed by atoms with Crippen LogP contribution in [-0.2, 0) is 11.2 Å². The predicted octanol–water partition coefficient (Wildman–Crippen LogP) is 2.54. The average molecular weight is 308 g/mol. The molecule has 0 aliphatic carbocycles. The Bertz CT molecular complexity index is 800. The lowest BCUT2D eigenvalue weighted by molar-refractivity contribution is -0.116. The molecule has 0 unspecified atom stereocenters. The molecule has 0 aliphatic rings. The zero-order valence-electron chi connectivity index (χ0n) is 12.4. The van der Waals surface area contributed by atoms with Gasteiger partial charge in [-0.05, 0) is 36.2 Å². The highest BCUT2D eigenvalue weighted by atomic mass is 16.3. The van der Waals surface area contributed by atoms with Crippen LogP contribution in [0.1, 0.15) is 12.0 Å². The fourth-order valence-corrected chi connectivity index (χ4v) is 2.27. The summed E-state index contributed by atoms with van der Waals surface area (Å²) in [6, 6.07) is 14.5. The molecule has 3 rings (SSSR count). The zero-order valence-corrected chi connectivity index (χ0v) is 12.4. The number of nitrogens with zero attached hydrogens (tertiary/aromatic N) is 3. The summed E-state index contributed by atoms with van der Waals surface area (Å²) in [6.07, 6.45) is 3.98. The van der Waals surface area contributed by atoms with Crippen LogP contribution in [0.25, 0.3) is 5.69 Å². The van der Waals surface area contributed by atoms with E-state index >= 15 is 0 Å². The largest absolute Gasteiger partial charge is 0.508 e. The van der Waals surface area contributed by atoms with Crippen molar-refractivity contribution in [3.8, 4) is 11.4 Å². The van der Waals surface area contributed by atoms with E-state index in [1.807, 2.05) is 36.4 Å². The molecule has 0 fully saturated rings. The molecule has 1 aromatic heterocycles. The fraction of sp³-hybridized carbons (Fsp3) is 0.118. The van der Waals surface area contributed by atoms with Crippen LogP contribution in [0.3, 0.4) is 0 Å². The summed E-state index contributed by atoms with van der Waals surface area (Å²) in [5.41, 5.74) is 2.34. The Morgan fingerprint density at radius 1 is 1.09 bits per heavy atom. The van der Waals surface area contributed by atoms with Gasteiger partial charge < -0.3 is 10.4 Å². The molecule has 1 amide bonds. The summed E-state index contributed by atoms with van der Waals surface area (Å²) in [4.78, 5) is 12.1. The Kier molecular flexibility index (Phi) is 4.33.